The van der Waals surface area contributed by atoms with E-state index in [0.29, 0.717) is 22.0 Å². The maximum absolute atomic E-state index is 13.2. The summed E-state index contributed by atoms with van der Waals surface area (Å²) in [5.74, 6) is -1.53. The van der Waals surface area contributed by atoms with Crippen LogP contribution in [0.3, 0.4) is 0 Å². The van der Waals surface area contributed by atoms with Crippen LogP contribution in [0.5, 0.6) is 5.75 Å². The van der Waals surface area contributed by atoms with Gasteiger partial charge in [0.15, 0.2) is 0 Å². The lowest BCUT2D eigenvalue weighted by Gasteiger charge is -2.26. The van der Waals surface area contributed by atoms with E-state index in [0.717, 1.165) is 5.56 Å². The largest absolute Gasteiger partial charge is 0.507 e. The Hall–Kier alpha value is -2.99. The molecule has 4 rings (SSSR count). The monoisotopic (exact) mass is 501 g/mol. The van der Waals surface area contributed by atoms with Crippen molar-refractivity contribution in [1.29, 1.82) is 0 Å². The van der Waals surface area contributed by atoms with Gasteiger partial charge in [0.1, 0.15) is 11.5 Å². The topological polar surface area (TPSA) is 66.8 Å². The van der Waals surface area contributed by atoms with E-state index in [4.69, 9.17) is 39.5 Å². The zero-order valence-electron chi connectivity index (χ0n) is 17.6. The molecule has 8 heteroatoms. The number of nitrogens with zero attached hydrogens (tertiary/aromatic N) is 1. The highest BCUT2D eigenvalue weighted by molar-refractivity contribution is 6.52. The molecule has 3 aromatic rings. The third-order valence-corrected chi connectivity index (χ3v) is 6.44. The molecule has 1 heterocycles. The molecule has 168 valence electrons. The number of benzene rings is 3. The molecule has 1 N–H and O–H groups in total. The van der Waals surface area contributed by atoms with Crippen molar-refractivity contribution in [3.8, 4) is 5.75 Å². The first kappa shape index (κ1) is 23.2. The number of Topliss-reactive ketones (excluding diaryl/α,β-unsaturated/α-hetero) is 1. The molecule has 0 aromatic heterocycles. The lowest BCUT2D eigenvalue weighted by Crippen LogP contribution is -2.29. The number of carbonyl (C=O) groups excluding carboxylic acids is 2. The first-order chi connectivity index (χ1) is 15.7. The Kier molecular flexibility index (Phi) is 6.39. The highest BCUT2D eigenvalue weighted by atomic mass is 35.5. The van der Waals surface area contributed by atoms with Crippen LogP contribution in [0.2, 0.25) is 15.1 Å². The highest BCUT2D eigenvalue weighted by Gasteiger charge is 2.47. The van der Waals surface area contributed by atoms with E-state index < -0.39 is 17.7 Å². The third-order valence-electron chi connectivity index (χ3n) is 5.41. The molecule has 5 nitrogen and oxygen atoms in total. The molecule has 1 aliphatic heterocycles. The first-order valence-corrected chi connectivity index (χ1v) is 11.0. The van der Waals surface area contributed by atoms with Gasteiger partial charge in [0.25, 0.3) is 11.7 Å². The van der Waals surface area contributed by atoms with Gasteiger partial charge in [-0.05, 0) is 48.9 Å². The Balaban J connectivity index is 1.96. The number of anilines is 1. The van der Waals surface area contributed by atoms with E-state index in [1.165, 1.54) is 30.2 Å². The Morgan fingerprint density at radius 3 is 2.33 bits per heavy atom. The fourth-order valence-corrected chi connectivity index (χ4v) is 4.41. The van der Waals surface area contributed by atoms with Crippen molar-refractivity contribution in [2.75, 3.05) is 12.0 Å². The molecule has 0 spiro atoms. The van der Waals surface area contributed by atoms with Crippen LogP contribution in [0.15, 0.2) is 66.2 Å². The van der Waals surface area contributed by atoms with Crippen LogP contribution in [0.25, 0.3) is 5.76 Å². The maximum atomic E-state index is 13.2. The van der Waals surface area contributed by atoms with Gasteiger partial charge in [-0.2, -0.15) is 0 Å². The summed E-state index contributed by atoms with van der Waals surface area (Å²) in [5.41, 5.74) is 2.19. The molecule has 1 unspecified atom stereocenters. The molecule has 0 radical (unpaired) electrons. The van der Waals surface area contributed by atoms with Crippen molar-refractivity contribution in [2.24, 2.45) is 0 Å². The predicted octanol–water partition coefficient (Wildman–Crippen LogP) is 6.59. The first-order valence-electron chi connectivity index (χ1n) is 9.89. The van der Waals surface area contributed by atoms with Crippen molar-refractivity contribution in [3.05, 3.63) is 98.0 Å². The lowest BCUT2D eigenvalue weighted by atomic mass is 9.94. The van der Waals surface area contributed by atoms with Gasteiger partial charge in [0.2, 0.25) is 0 Å². The number of hydrogen-bond donors (Lipinski definition) is 1. The minimum atomic E-state index is -0.885. The fourth-order valence-electron chi connectivity index (χ4n) is 3.86. The summed E-state index contributed by atoms with van der Waals surface area (Å²) in [5, 5.41) is 12.0. The van der Waals surface area contributed by atoms with Gasteiger partial charge in [-0.3, -0.25) is 14.5 Å². The summed E-state index contributed by atoms with van der Waals surface area (Å²) in [4.78, 5) is 27.7. The maximum Gasteiger partial charge on any atom is 0.300 e. The second-order valence-electron chi connectivity index (χ2n) is 7.53. The molecule has 33 heavy (non-hydrogen) atoms. The normalized spacial score (nSPS) is 17.5. The van der Waals surface area contributed by atoms with Gasteiger partial charge >= 0.3 is 0 Å². The molecule has 1 aliphatic rings. The zero-order chi connectivity index (χ0) is 23.9. The summed E-state index contributed by atoms with van der Waals surface area (Å²) in [6.45, 7) is 1.90. The van der Waals surface area contributed by atoms with Crippen LogP contribution in [-0.4, -0.2) is 23.9 Å². The van der Waals surface area contributed by atoms with Crippen LogP contribution in [0, 0.1) is 6.92 Å². The number of hydrogen-bond acceptors (Lipinski definition) is 4. The molecule has 1 saturated heterocycles. The van der Waals surface area contributed by atoms with Crippen molar-refractivity contribution >= 4 is 57.9 Å². The number of amides is 1. The van der Waals surface area contributed by atoms with Crippen LogP contribution in [-0.2, 0) is 9.59 Å². The Morgan fingerprint density at radius 1 is 0.939 bits per heavy atom. The van der Waals surface area contributed by atoms with E-state index in [9.17, 15) is 14.7 Å². The number of aliphatic hydroxyl groups excluding tert-OH is 1. The number of aliphatic hydroxyl groups is 1. The van der Waals surface area contributed by atoms with Gasteiger partial charge < -0.3 is 9.84 Å². The van der Waals surface area contributed by atoms with Gasteiger partial charge in [0, 0.05) is 11.3 Å². The summed E-state index contributed by atoms with van der Waals surface area (Å²) in [7, 11) is 1.48. The van der Waals surface area contributed by atoms with Crippen molar-refractivity contribution in [2.45, 2.75) is 13.0 Å². The average molecular weight is 503 g/mol. The summed E-state index contributed by atoms with van der Waals surface area (Å²) in [6.07, 6.45) is 0. The van der Waals surface area contributed by atoms with E-state index in [1.54, 1.807) is 24.3 Å². The summed E-state index contributed by atoms with van der Waals surface area (Å²) >= 11 is 18.4. The molecule has 1 fully saturated rings. The van der Waals surface area contributed by atoms with Crippen LogP contribution >= 0.6 is 34.8 Å². The summed E-state index contributed by atoms with van der Waals surface area (Å²) < 4.78 is 5.20. The number of rotatable bonds is 4. The Bertz CT molecular complexity index is 1320. The Labute approximate surface area is 205 Å². The standard InChI is InChI=1S/C25H18Cl3NO4/c1-13-4-3-5-14(10-13)22-21(23(30)15-6-8-17(26)18(27)11-15)24(31)25(32)29(22)16-7-9-20(33-2)19(28)12-16/h3-12,22,30H,1-2H3/b23-21+. The molecular weight excluding hydrogens is 485 g/mol. The van der Waals surface area contributed by atoms with Crippen molar-refractivity contribution in [1.82, 2.24) is 0 Å². The molecule has 1 amide bonds. The lowest BCUT2D eigenvalue weighted by molar-refractivity contribution is -0.132. The SMILES string of the molecule is COc1ccc(N2C(=O)C(=O)/C(=C(/O)c3ccc(Cl)c(Cl)c3)C2c2cccc(C)c2)cc1Cl. The average Bonchev–Trinajstić information content (AvgIpc) is 3.05. The highest BCUT2D eigenvalue weighted by Crippen LogP contribution is 2.44. The molecule has 1 atom stereocenters. The predicted molar refractivity (Wildman–Crippen MR) is 130 cm³/mol. The minimum Gasteiger partial charge on any atom is -0.507 e. The van der Waals surface area contributed by atoms with Crippen LogP contribution in [0.1, 0.15) is 22.7 Å². The smallest absolute Gasteiger partial charge is 0.300 e. The van der Waals surface area contributed by atoms with Crippen molar-refractivity contribution < 1.29 is 19.4 Å². The van der Waals surface area contributed by atoms with Crippen LogP contribution in [0.4, 0.5) is 5.69 Å². The van der Waals surface area contributed by atoms with E-state index >= 15 is 0 Å². The molecular formula is C25H18Cl3NO4. The molecule has 0 bridgehead atoms. The fraction of sp³-hybridized carbons (Fsp3) is 0.120. The van der Waals surface area contributed by atoms with Gasteiger partial charge in [-0.15, -0.1) is 0 Å². The Morgan fingerprint density at radius 2 is 1.70 bits per heavy atom. The number of carbonyl (C=O) groups is 2. The van der Waals surface area contributed by atoms with Gasteiger partial charge in [-0.25, -0.2) is 0 Å². The molecule has 3 aromatic carbocycles. The van der Waals surface area contributed by atoms with Gasteiger partial charge in [0.05, 0.1) is 33.8 Å². The summed E-state index contributed by atoms with van der Waals surface area (Å²) in [6, 6.07) is 15.8. The second kappa shape index (κ2) is 9.10. The van der Waals surface area contributed by atoms with Crippen LogP contribution < -0.4 is 9.64 Å². The van der Waals surface area contributed by atoms with E-state index in [-0.39, 0.29) is 26.9 Å². The van der Waals surface area contributed by atoms with E-state index in [2.05, 4.69) is 0 Å². The zero-order valence-corrected chi connectivity index (χ0v) is 19.9. The molecule has 0 aliphatic carbocycles. The quantitative estimate of drug-likeness (QED) is 0.248. The number of ether oxygens (including phenoxy) is 1. The minimum absolute atomic E-state index is 0.0593. The van der Waals surface area contributed by atoms with Crippen molar-refractivity contribution in [3.63, 3.8) is 0 Å². The van der Waals surface area contributed by atoms with Gasteiger partial charge in [-0.1, -0.05) is 64.6 Å². The number of ketones is 1. The molecule has 0 saturated carbocycles. The second-order valence-corrected chi connectivity index (χ2v) is 8.75. The number of methoxy groups -OCH3 is 1. The van der Waals surface area contributed by atoms with E-state index in [1.807, 2.05) is 25.1 Å². The third kappa shape index (κ3) is 4.20. The number of halogens is 3. The number of aryl methyl sites for hydroxylation is 1.